The lowest BCUT2D eigenvalue weighted by atomic mass is 10.5. The molecule has 0 saturated carbocycles. The van der Waals surface area contributed by atoms with Crippen molar-refractivity contribution in [1.82, 2.24) is 15.1 Å². The van der Waals surface area contributed by atoms with E-state index in [1.54, 1.807) is 6.07 Å². The summed E-state index contributed by atoms with van der Waals surface area (Å²) in [5.74, 6) is 0.454. The van der Waals surface area contributed by atoms with Crippen LogP contribution in [0.4, 0.5) is 0 Å². The number of hydrogen-bond acceptors (Lipinski definition) is 4. The van der Waals surface area contributed by atoms with Crippen molar-refractivity contribution >= 4 is 0 Å². The van der Waals surface area contributed by atoms with Gasteiger partial charge in [0.2, 0.25) is 5.88 Å². The van der Waals surface area contributed by atoms with E-state index in [0.717, 1.165) is 0 Å². The van der Waals surface area contributed by atoms with Crippen molar-refractivity contribution in [3.8, 4) is 5.88 Å². The molecule has 1 N–H and O–H groups in total. The Kier molecular flexibility index (Phi) is 3.45. The van der Waals surface area contributed by atoms with Gasteiger partial charge in [0.25, 0.3) is 5.56 Å². The van der Waals surface area contributed by atoms with Gasteiger partial charge in [-0.05, 0) is 7.05 Å². The Balaban J connectivity index is 2.84. The summed E-state index contributed by atoms with van der Waals surface area (Å²) in [6.07, 6.45) is 0. The second-order valence-electron chi connectivity index (χ2n) is 2.54. The van der Waals surface area contributed by atoms with Gasteiger partial charge in [-0.3, -0.25) is 4.79 Å². The molecule has 0 saturated heterocycles. The maximum Gasteiger partial charge on any atom is 0.267 e. The molecule has 72 valence electrons. The van der Waals surface area contributed by atoms with E-state index in [9.17, 15) is 4.79 Å². The molecule has 0 fully saturated rings. The smallest absolute Gasteiger partial charge is 0.267 e. The van der Waals surface area contributed by atoms with E-state index in [0.29, 0.717) is 19.0 Å². The number of likely N-dealkylation sites (N-methyl/N-ethyl adjacent to an activating group) is 1. The second kappa shape index (κ2) is 4.61. The number of nitrogens with zero attached hydrogens (tertiary/aromatic N) is 2. The molecule has 0 amide bonds. The third-order valence-corrected chi connectivity index (χ3v) is 1.62. The first kappa shape index (κ1) is 9.73. The molecular formula is C8H13N3O2. The predicted molar refractivity (Wildman–Crippen MR) is 49.0 cm³/mol. The molecular weight excluding hydrogens is 170 g/mol. The monoisotopic (exact) mass is 183 g/mol. The molecule has 5 nitrogen and oxygen atoms in total. The van der Waals surface area contributed by atoms with Crippen LogP contribution in [-0.4, -0.2) is 30.5 Å². The molecule has 0 radical (unpaired) electrons. The number of rotatable bonds is 4. The van der Waals surface area contributed by atoms with Crippen molar-refractivity contribution in [1.29, 1.82) is 0 Å². The largest absolute Gasteiger partial charge is 0.480 e. The van der Waals surface area contributed by atoms with Crippen LogP contribution >= 0.6 is 0 Å². The average molecular weight is 183 g/mol. The summed E-state index contributed by atoms with van der Waals surface area (Å²) >= 11 is 0. The lowest BCUT2D eigenvalue weighted by molar-refractivity contribution is 0.375. The predicted octanol–water partition coefficient (Wildman–Crippen LogP) is -0.529. The van der Waals surface area contributed by atoms with E-state index in [2.05, 4.69) is 10.4 Å². The number of methoxy groups -OCH3 is 1. The minimum absolute atomic E-state index is 0.115. The first-order chi connectivity index (χ1) is 6.27. The van der Waals surface area contributed by atoms with Crippen LogP contribution in [0.15, 0.2) is 16.9 Å². The number of aromatic nitrogens is 2. The first-order valence-corrected chi connectivity index (χ1v) is 4.04. The van der Waals surface area contributed by atoms with Crippen LogP contribution < -0.4 is 15.6 Å². The molecule has 0 spiro atoms. The highest BCUT2D eigenvalue weighted by Gasteiger charge is 1.98. The maximum atomic E-state index is 11.2. The number of ether oxygens (including phenoxy) is 1. The van der Waals surface area contributed by atoms with E-state index in [-0.39, 0.29) is 5.56 Å². The second-order valence-corrected chi connectivity index (χ2v) is 2.54. The maximum absolute atomic E-state index is 11.2. The van der Waals surface area contributed by atoms with E-state index >= 15 is 0 Å². The fraction of sp³-hybridized carbons (Fsp3) is 0.500. The van der Waals surface area contributed by atoms with Crippen LogP contribution in [0, 0.1) is 0 Å². The van der Waals surface area contributed by atoms with Crippen LogP contribution in [0.25, 0.3) is 0 Å². The van der Waals surface area contributed by atoms with Crippen molar-refractivity contribution < 1.29 is 4.74 Å². The van der Waals surface area contributed by atoms with Crippen LogP contribution in [0.5, 0.6) is 5.88 Å². The number of nitrogens with one attached hydrogen (secondary N) is 1. The molecule has 1 aromatic rings. The zero-order valence-corrected chi connectivity index (χ0v) is 7.78. The molecule has 0 aliphatic rings. The summed E-state index contributed by atoms with van der Waals surface area (Å²) in [5, 5.41) is 6.91. The lowest BCUT2D eigenvalue weighted by Gasteiger charge is -2.04. The van der Waals surface area contributed by atoms with E-state index < -0.39 is 0 Å². The molecule has 0 aliphatic carbocycles. The van der Waals surface area contributed by atoms with Crippen molar-refractivity contribution in [3.05, 3.63) is 22.5 Å². The van der Waals surface area contributed by atoms with E-state index in [1.165, 1.54) is 17.9 Å². The fourth-order valence-corrected chi connectivity index (χ4v) is 0.917. The zero-order valence-electron chi connectivity index (χ0n) is 7.78. The molecule has 1 heterocycles. The first-order valence-electron chi connectivity index (χ1n) is 4.04. The molecule has 5 heteroatoms. The van der Waals surface area contributed by atoms with Crippen molar-refractivity contribution in [3.63, 3.8) is 0 Å². The van der Waals surface area contributed by atoms with E-state index in [4.69, 9.17) is 4.74 Å². The third kappa shape index (κ3) is 2.55. The Bertz CT molecular complexity index is 321. The SMILES string of the molecule is CNCCn1nc(OC)ccc1=O. The van der Waals surface area contributed by atoms with Gasteiger partial charge in [-0.2, -0.15) is 0 Å². The molecule has 0 bridgehead atoms. The molecule has 0 atom stereocenters. The van der Waals surface area contributed by atoms with Crippen LogP contribution in [0.1, 0.15) is 0 Å². The quantitative estimate of drug-likeness (QED) is 0.682. The van der Waals surface area contributed by atoms with Crippen LogP contribution in [-0.2, 0) is 6.54 Å². The highest BCUT2D eigenvalue weighted by Crippen LogP contribution is 1.98. The zero-order chi connectivity index (χ0) is 9.68. The summed E-state index contributed by atoms with van der Waals surface area (Å²) in [6.45, 7) is 1.26. The van der Waals surface area contributed by atoms with Gasteiger partial charge >= 0.3 is 0 Å². The van der Waals surface area contributed by atoms with Gasteiger partial charge in [-0.25, -0.2) is 4.68 Å². The Hall–Kier alpha value is -1.36. The Morgan fingerprint density at radius 3 is 3.00 bits per heavy atom. The number of hydrogen-bond donors (Lipinski definition) is 1. The van der Waals surface area contributed by atoms with Crippen molar-refractivity contribution in [2.24, 2.45) is 0 Å². The van der Waals surface area contributed by atoms with Gasteiger partial charge in [0.15, 0.2) is 0 Å². The summed E-state index contributed by atoms with van der Waals surface area (Å²) < 4.78 is 6.27. The minimum Gasteiger partial charge on any atom is -0.480 e. The summed E-state index contributed by atoms with van der Waals surface area (Å²) in [6, 6.07) is 3.00. The standard InChI is InChI=1S/C8H13N3O2/c1-9-5-6-11-8(12)4-3-7(10-11)13-2/h3-4,9H,5-6H2,1-2H3. The average Bonchev–Trinajstić information content (AvgIpc) is 2.17. The Morgan fingerprint density at radius 2 is 2.38 bits per heavy atom. The van der Waals surface area contributed by atoms with Gasteiger partial charge in [0.05, 0.1) is 13.7 Å². The van der Waals surface area contributed by atoms with Gasteiger partial charge in [-0.1, -0.05) is 0 Å². The normalized spacial score (nSPS) is 10.0. The van der Waals surface area contributed by atoms with Gasteiger partial charge in [0, 0.05) is 18.7 Å². The summed E-state index contributed by atoms with van der Waals surface area (Å²) in [5.41, 5.74) is -0.115. The van der Waals surface area contributed by atoms with Gasteiger partial charge in [0.1, 0.15) is 0 Å². The van der Waals surface area contributed by atoms with Crippen LogP contribution in [0.2, 0.25) is 0 Å². The Morgan fingerprint density at radius 1 is 1.62 bits per heavy atom. The van der Waals surface area contributed by atoms with E-state index in [1.807, 2.05) is 7.05 Å². The molecule has 0 unspecified atom stereocenters. The van der Waals surface area contributed by atoms with Crippen molar-refractivity contribution in [2.75, 3.05) is 20.7 Å². The third-order valence-electron chi connectivity index (χ3n) is 1.62. The Labute approximate surface area is 76.3 Å². The highest BCUT2D eigenvalue weighted by molar-refractivity contribution is 5.05. The van der Waals surface area contributed by atoms with Gasteiger partial charge < -0.3 is 10.1 Å². The van der Waals surface area contributed by atoms with Gasteiger partial charge in [-0.15, -0.1) is 5.10 Å². The molecule has 1 rings (SSSR count). The molecule has 1 aromatic heterocycles. The topological polar surface area (TPSA) is 56.1 Å². The van der Waals surface area contributed by atoms with Crippen molar-refractivity contribution in [2.45, 2.75) is 6.54 Å². The molecule has 0 aromatic carbocycles. The molecule has 13 heavy (non-hydrogen) atoms. The lowest BCUT2D eigenvalue weighted by Crippen LogP contribution is -2.27. The minimum atomic E-state index is -0.115. The van der Waals surface area contributed by atoms with Crippen LogP contribution in [0.3, 0.4) is 0 Å². The summed E-state index contributed by atoms with van der Waals surface area (Å²) in [4.78, 5) is 11.2. The summed E-state index contributed by atoms with van der Waals surface area (Å²) in [7, 11) is 3.35. The molecule has 0 aliphatic heterocycles. The fourth-order valence-electron chi connectivity index (χ4n) is 0.917. The highest BCUT2D eigenvalue weighted by atomic mass is 16.5.